The number of rotatable bonds is 10. The van der Waals surface area contributed by atoms with Crippen molar-refractivity contribution in [2.24, 2.45) is 0 Å². The summed E-state index contributed by atoms with van der Waals surface area (Å²) in [6.45, 7) is 1.59. The second-order valence-corrected chi connectivity index (χ2v) is 5.51. The fourth-order valence-electron chi connectivity index (χ4n) is 1.70. The lowest BCUT2D eigenvalue weighted by atomic mass is 9.97. The van der Waals surface area contributed by atoms with Crippen molar-refractivity contribution < 1.29 is 62.2 Å². The fraction of sp³-hybridized carbons (Fsp3) is 0.923. The summed E-state index contributed by atoms with van der Waals surface area (Å²) in [4.78, 5) is 11.0. The van der Waals surface area contributed by atoms with E-state index in [4.69, 9.17) is 0 Å². The summed E-state index contributed by atoms with van der Waals surface area (Å²) in [7, 11) is 0. The number of unbranched alkanes of at least 4 members (excludes halogenated alkanes) is 2. The molecule has 0 rings (SSSR count). The third-order valence-electron chi connectivity index (χ3n) is 3.21. The maximum atomic E-state index is 13.3. The summed E-state index contributed by atoms with van der Waals surface area (Å²) in [6.07, 6.45) is -21.1. The van der Waals surface area contributed by atoms with Crippen molar-refractivity contribution in [3.63, 3.8) is 0 Å². The van der Waals surface area contributed by atoms with Gasteiger partial charge in [0.25, 0.3) is 0 Å². The second-order valence-electron chi connectivity index (χ2n) is 5.51. The molecular formula is C13H14F12O2. The molecule has 0 aromatic carbocycles. The third kappa shape index (κ3) is 5.80. The van der Waals surface area contributed by atoms with E-state index in [-0.39, 0.29) is 12.8 Å². The van der Waals surface area contributed by atoms with Crippen LogP contribution in [0.5, 0.6) is 0 Å². The minimum absolute atomic E-state index is 0.179. The molecule has 0 aliphatic rings. The molecule has 0 aliphatic carbocycles. The molecule has 0 amide bonds. The molecular weight excluding hydrogens is 416 g/mol. The average molecular weight is 430 g/mol. The maximum Gasteiger partial charge on any atom is 0.473 e. The quantitative estimate of drug-likeness (QED) is 0.245. The molecule has 0 spiro atoms. The van der Waals surface area contributed by atoms with Crippen LogP contribution in [0.1, 0.15) is 39.0 Å². The molecule has 27 heavy (non-hydrogen) atoms. The fourth-order valence-corrected chi connectivity index (χ4v) is 1.70. The van der Waals surface area contributed by atoms with Gasteiger partial charge in [0.15, 0.2) is 6.17 Å². The van der Waals surface area contributed by atoms with Gasteiger partial charge >= 0.3 is 36.0 Å². The normalized spacial score (nSPS) is 15.6. The highest BCUT2D eigenvalue weighted by molar-refractivity contribution is 5.69. The number of hydrogen-bond acceptors (Lipinski definition) is 2. The Kier molecular flexibility index (Phi) is 7.91. The van der Waals surface area contributed by atoms with Crippen molar-refractivity contribution in [1.29, 1.82) is 0 Å². The number of ether oxygens (including phenoxy) is 1. The molecule has 162 valence electrons. The summed E-state index contributed by atoms with van der Waals surface area (Å²) >= 11 is 0. The Labute approximate surface area is 144 Å². The number of carbonyl (C=O) groups is 1. The van der Waals surface area contributed by atoms with Crippen molar-refractivity contribution >= 4 is 5.97 Å². The predicted octanol–water partition coefficient (Wildman–Crippen LogP) is 5.90. The highest BCUT2D eigenvalue weighted by Crippen LogP contribution is 2.55. The Bertz CT molecular complexity index is 500. The standard InChI is InChI=1S/C13H14F12O2/c1-2-3-4-5-8(26)27-13(24,25)12(22,23)11(20,21)10(18,19)7(14)6-9(15,16)17/h7H,2-6H2,1H3. The van der Waals surface area contributed by atoms with Crippen molar-refractivity contribution in [2.75, 3.05) is 0 Å². The van der Waals surface area contributed by atoms with Gasteiger partial charge in [-0.15, -0.1) is 0 Å². The molecule has 0 radical (unpaired) electrons. The summed E-state index contributed by atoms with van der Waals surface area (Å²) < 4.78 is 157. The van der Waals surface area contributed by atoms with E-state index < -0.39 is 55.0 Å². The molecule has 1 atom stereocenters. The molecule has 1 unspecified atom stereocenters. The van der Waals surface area contributed by atoms with Crippen LogP contribution in [0.15, 0.2) is 0 Å². The van der Waals surface area contributed by atoms with Gasteiger partial charge in [-0.25, -0.2) is 4.39 Å². The minimum Gasteiger partial charge on any atom is -0.396 e. The molecule has 0 fully saturated rings. The summed E-state index contributed by atoms with van der Waals surface area (Å²) in [5.74, 6) is -23.5. The van der Waals surface area contributed by atoms with Gasteiger partial charge in [-0.1, -0.05) is 19.8 Å². The van der Waals surface area contributed by atoms with Crippen molar-refractivity contribution in [3.8, 4) is 0 Å². The molecule has 0 aromatic heterocycles. The number of halogens is 12. The first-order chi connectivity index (χ1) is 11.8. The molecule has 2 nitrogen and oxygen atoms in total. The first-order valence-electron chi connectivity index (χ1n) is 7.27. The van der Waals surface area contributed by atoms with Crippen LogP contribution in [0.2, 0.25) is 0 Å². The van der Waals surface area contributed by atoms with Gasteiger partial charge in [0.05, 0.1) is 6.42 Å². The number of hydrogen-bond donors (Lipinski definition) is 0. The highest BCUT2D eigenvalue weighted by atomic mass is 19.4. The molecule has 0 N–H and O–H groups in total. The van der Waals surface area contributed by atoms with Gasteiger partial charge in [0.2, 0.25) is 0 Å². The number of alkyl halides is 12. The van der Waals surface area contributed by atoms with Crippen LogP contribution in [0.4, 0.5) is 52.7 Å². The lowest BCUT2D eigenvalue weighted by Gasteiger charge is -2.37. The molecule has 0 saturated carbocycles. The molecule has 0 saturated heterocycles. The lowest BCUT2D eigenvalue weighted by Crippen LogP contribution is -2.65. The van der Waals surface area contributed by atoms with E-state index in [1.54, 1.807) is 6.92 Å². The summed E-state index contributed by atoms with van der Waals surface area (Å²) in [5.41, 5.74) is 0. The monoisotopic (exact) mass is 430 g/mol. The first-order valence-corrected chi connectivity index (χ1v) is 7.27. The number of esters is 1. The SMILES string of the molecule is CCCCCC(=O)OC(F)(F)C(F)(F)C(F)(F)C(F)(F)C(F)CC(F)(F)F. The van der Waals surface area contributed by atoms with Crippen LogP contribution < -0.4 is 0 Å². The van der Waals surface area contributed by atoms with E-state index in [2.05, 4.69) is 4.74 Å². The minimum atomic E-state index is -7.32. The van der Waals surface area contributed by atoms with Crippen LogP contribution in [0.25, 0.3) is 0 Å². The van der Waals surface area contributed by atoms with Crippen LogP contribution in [-0.4, -0.2) is 42.2 Å². The Balaban J connectivity index is 5.56. The number of carbonyl (C=O) groups excluding carboxylic acids is 1. The average Bonchev–Trinajstić information content (AvgIpc) is 2.44. The molecule has 0 heterocycles. The molecule has 14 heteroatoms. The molecule has 0 aliphatic heterocycles. The zero-order valence-electron chi connectivity index (χ0n) is 13.5. The van der Waals surface area contributed by atoms with Crippen LogP contribution in [0.3, 0.4) is 0 Å². The third-order valence-corrected chi connectivity index (χ3v) is 3.21. The zero-order valence-corrected chi connectivity index (χ0v) is 13.5. The van der Waals surface area contributed by atoms with Crippen molar-refractivity contribution in [3.05, 3.63) is 0 Å². The predicted molar refractivity (Wildman–Crippen MR) is 65.6 cm³/mol. The summed E-state index contributed by atoms with van der Waals surface area (Å²) in [5, 5.41) is 0. The Hall–Kier alpha value is -1.37. The zero-order chi connectivity index (χ0) is 21.9. The van der Waals surface area contributed by atoms with Gasteiger partial charge in [-0.3, -0.25) is 4.79 Å². The Morgan fingerprint density at radius 2 is 1.33 bits per heavy atom. The first kappa shape index (κ1) is 25.6. The van der Waals surface area contributed by atoms with Gasteiger partial charge in [0.1, 0.15) is 0 Å². The largest absolute Gasteiger partial charge is 0.473 e. The molecule has 0 aromatic rings. The van der Waals surface area contributed by atoms with Crippen molar-refractivity contribution in [2.45, 2.75) is 75.3 Å². The van der Waals surface area contributed by atoms with E-state index in [1.165, 1.54) is 0 Å². The molecule has 0 bridgehead atoms. The van der Waals surface area contributed by atoms with E-state index in [1.807, 2.05) is 0 Å². The van der Waals surface area contributed by atoms with Gasteiger partial charge in [-0.2, -0.15) is 48.3 Å². The van der Waals surface area contributed by atoms with E-state index in [0.717, 1.165) is 0 Å². The second kappa shape index (κ2) is 8.33. The van der Waals surface area contributed by atoms with Crippen LogP contribution in [-0.2, 0) is 9.53 Å². The maximum absolute atomic E-state index is 13.3. The topological polar surface area (TPSA) is 26.3 Å². The summed E-state index contributed by atoms with van der Waals surface area (Å²) in [6, 6.07) is 0. The van der Waals surface area contributed by atoms with Crippen molar-refractivity contribution in [1.82, 2.24) is 0 Å². The van der Waals surface area contributed by atoms with E-state index in [0.29, 0.717) is 6.42 Å². The highest BCUT2D eigenvalue weighted by Gasteiger charge is 2.84. The van der Waals surface area contributed by atoms with E-state index >= 15 is 0 Å². The van der Waals surface area contributed by atoms with Gasteiger partial charge < -0.3 is 4.74 Å². The smallest absolute Gasteiger partial charge is 0.396 e. The Morgan fingerprint density at radius 3 is 1.74 bits per heavy atom. The van der Waals surface area contributed by atoms with E-state index in [9.17, 15) is 57.5 Å². The van der Waals surface area contributed by atoms with Gasteiger partial charge in [-0.05, 0) is 6.42 Å². The Morgan fingerprint density at radius 1 is 0.852 bits per heavy atom. The van der Waals surface area contributed by atoms with Crippen LogP contribution >= 0.6 is 0 Å². The lowest BCUT2D eigenvalue weighted by molar-refractivity contribution is -0.423. The van der Waals surface area contributed by atoms with Gasteiger partial charge in [0, 0.05) is 6.42 Å². The van der Waals surface area contributed by atoms with Crippen LogP contribution in [0, 0.1) is 0 Å².